The quantitative estimate of drug-likeness (QED) is 0.764. The molecule has 2 heterocycles. The van der Waals surface area contributed by atoms with Crippen molar-refractivity contribution in [2.75, 3.05) is 18.4 Å². The van der Waals surface area contributed by atoms with Crippen LogP contribution in [0.2, 0.25) is 5.02 Å². The zero-order valence-electron chi connectivity index (χ0n) is 14.8. The van der Waals surface area contributed by atoms with Crippen molar-refractivity contribution < 1.29 is 17.6 Å². The Balaban J connectivity index is 1.36. The van der Waals surface area contributed by atoms with Gasteiger partial charge >= 0.3 is 0 Å². The molecule has 150 valence electrons. The second kappa shape index (κ2) is 7.66. The molecular weight excluding hydrogens is 427 g/mol. The number of carbonyl (C=O) groups excluding carboxylic acids is 1. The number of nitrogens with zero attached hydrogens (tertiary/aromatic N) is 3. The van der Waals surface area contributed by atoms with Crippen molar-refractivity contribution in [3.63, 3.8) is 0 Å². The first-order chi connectivity index (χ1) is 13.3. The molecule has 1 saturated heterocycles. The van der Waals surface area contributed by atoms with Crippen molar-refractivity contribution >= 4 is 44.0 Å². The lowest BCUT2D eigenvalue weighted by Gasteiger charge is -2.30. The summed E-state index contributed by atoms with van der Waals surface area (Å²) in [6.07, 6.45) is 3.03. The van der Waals surface area contributed by atoms with Crippen LogP contribution in [0.3, 0.4) is 0 Å². The fraction of sp³-hybridized carbons (Fsp3) is 0.471. The molecule has 11 heteroatoms. The predicted molar refractivity (Wildman–Crippen MR) is 103 cm³/mol. The standard InChI is InChI=1S/C17H18ClFN4O3S2/c18-13-9-12(3-4-14(13)19)28(25,26)23-7-5-10(6-8-23)15(24)20-17-22-21-16(27-17)11-1-2-11/h3-4,9-11H,1-2,5-8H2,(H,20,22,24). The van der Waals surface area contributed by atoms with Crippen molar-refractivity contribution in [3.05, 3.63) is 34.0 Å². The normalized spacial score (nSPS) is 18.9. The van der Waals surface area contributed by atoms with E-state index in [0.717, 1.165) is 30.0 Å². The number of sulfonamides is 1. The minimum absolute atomic E-state index is 0.0525. The van der Waals surface area contributed by atoms with E-state index in [2.05, 4.69) is 15.5 Å². The number of hydrogen-bond donors (Lipinski definition) is 1. The molecule has 7 nitrogen and oxygen atoms in total. The molecule has 0 radical (unpaired) electrons. The number of carbonyl (C=O) groups is 1. The van der Waals surface area contributed by atoms with E-state index in [-0.39, 0.29) is 34.8 Å². The van der Waals surface area contributed by atoms with E-state index >= 15 is 0 Å². The van der Waals surface area contributed by atoms with E-state index in [1.807, 2.05) is 0 Å². The zero-order valence-corrected chi connectivity index (χ0v) is 17.2. The molecule has 0 atom stereocenters. The van der Waals surface area contributed by atoms with Gasteiger partial charge in [0, 0.05) is 24.9 Å². The van der Waals surface area contributed by atoms with Crippen LogP contribution >= 0.6 is 22.9 Å². The molecule has 1 saturated carbocycles. The Hall–Kier alpha value is -1.62. The van der Waals surface area contributed by atoms with Gasteiger partial charge in [0.05, 0.1) is 9.92 Å². The van der Waals surface area contributed by atoms with Crippen LogP contribution in [0.25, 0.3) is 0 Å². The lowest BCUT2D eigenvalue weighted by Crippen LogP contribution is -2.41. The third kappa shape index (κ3) is 4.05. The summed E-state index contributed by atoms with van der Waals surface area (Å²) in [5.74, 6) is -0.647. The molecule has 1 aliphatic carbocycles. The summed E-state index contributed by atoms with van der Waals surface area (Å²) in [6, 6.07) is 3.34. The van der Waals surface area contributed by atoms with Gasteiger partial charge in [-0.3, -0.25) is 4.79 Å². The Morgan fingerprint density at radius 3 is 2.57 bits per heavy atom. The van der Waals surface area contributed by atoms with Gasteiger partial charge in [0.1, 0.15) is 10.8 Å². The van der Waals surface area contributed by atoms with Crippen LogP contribution in [0.1, 0.15) is 36.6 Å². The van der Waals surface area contributed by atoms with Crippen molar-refractivity contribution in [3.8, 4) is 0 Å². The number of amides is 1. The van der Waals surface area contributed by atoms with E-state index < -0.39 is 15.8 Å². The number of anilines is 1. The zero-order chi connectivity index (χ0) is 19.9. The topological polar surface area (TPSA) is 92.3 Å². The average molecular weight is 445 g/mol. The van der Waals surface area contributed by atoms with Gasteiger partial charge in [0.2, 0.25) is 21.1 Å². The molecule has 2 aromatic rings. The molecule has 0 bridgehead atoms. The van der Waals surface area contributed by atoms with Crippen LogP contribution in [0.15, 0.2) is 23.1 Å². The Kier molecular flexibility index (Phi) is 5.38. The highest BCUT2D eigenvalue weighted by atomic mass is 35.5. The Bertz CT molecular complexity index is 1000. The summed E-state index contributed by atoms with van der Waals surface area (Å²) in [4.78, 5) is 12.4. The number of halogens is 2. The van der Waals surface area contributed by atoms with Gasteiger partial charge in [-0.05, 0) is 43.9 Å². The maximum atomic E-state index is 13.3. The smallest absolute Gasteiger partial charge is 0.243 e. The summed E-state index contributed by atoms with van der Waals surface area (Å²) in [6.45, 7) is 0.414. The van der Waals surface area contributed by atoms with Crippen molar-refractivity contribution in [1.29, 1.82) is 0 Å². The van der Waals surface area contributed by atoms with Crippen molar-refractivity contribution in [2.24, 2.45) is 5.92 Å². The maximum absolute atomic E-state index is 13.3. The van der Waals surface area contributed by atoms with Crippen LogP contribution in [-0.4, -0.2) is 41.9 Å². The molecule has 1 amide bonds. The Morgan fingerprint density at radius 1 is 1.21 bits per heavy atom. The minimum Gasteiger partial charge on any atom is -0.300 e. The van der Waals surface area contributed by atoms with Gasteiger partial charge in [0.25, 0.3) is 0 Å². The van der Waals surface area contributed by atoms with Crippen LogP contribution in [0.4, 0.5) is 9.52 Å². The molecule has 1 N–H and O–H groups in total. The number of nitrogens with one attached hydrogen (secondary N) is 1. The molecule has 4 rings (SSSR count). The van der Waals surface area contributed by atoms with Crippen LogP contribution in [0, 0.1) is 11.7 Å². The summed E-state index contributed by atoms with van der Waals surface area (Å²) < 4.78 is 40.0. The molecular formula is C17H18ClFN4O3S2. The largest absolute Gasteiger partial charge is 0.300 e. The number of hydrogen-bond acceptors (Lipinski definition) is 6. The Morgan fingerprint density at radius 2 is 1.93 bits per heavy atom. The van der Waals surface area contributed by atoms with E-state index in [9.17, 15) is 17.6 Å². The molecule has 2 aliphatic rings. The lowest BCUT2D eigenvalue weighted by atomic mass is 9.97. The summed E-state index contributed by atoms with van der Waals surface area (Å²) in [5, 5.41) is 12.1. The third-order valence-electron chi connectivity index (χ3n) is 4.95. The number of aromatic nitrogens is 2. The maximum Gasteiger partial charge on any atom is 0.243 e. The fourth-order valence-corrected chi connectivity index (χ4v) is 5.79. The molecule has 0 unspecified atom stereocenters. The monoisotopic (exact) mass is 444 g/mol. The first-order valence-corrected chi connectivity index (χ1v) is 11.6. The highest BCUT2D eigenvalue weighted by Gasteiger charge is 2.33. The van der Waals surface area contributed by atoms with E-state index in [0.29, 0.717) is 23.9 Å². The molecule has 1 aliphatic heterocycles. The van der Waals surface area contributed by atoms with Crippen molar-refractivity contribution in [1.82, 2.24) is 14.5 Å². The summed E-state index contributed by atoms with van der Waals surface area (Å²) >= 11 is 7.10. The van der Waals surface area contributed by atoms with Gasteiger partial charge in [-0.25, -0.2) is 12.8 Å². The molecule has 0 spiro atoms. The number of rotatable bonds is 5. The van der Waals surface area contributed by atoms with Gasteiger partial charge < -0.3 is 5.32 Å². The fourth-order valence-electron chi connectivity index (χ4n) is 3.13. The Labute approximate surface area is 171 Å². The van der Waals surface area contributed by atoms with Gasteiger partial charge in [0.15, 0.2) is 0 Å². The second-order valence-corrected chi connectivity index (χ2v) is 10.3. The minimum atomic E-state index is -3.78. The summed E-state index contributed by atoms with van der Waals surface area (Å²) in [5.41, 5.74) is 0. The van der Waals surface area contributed by atoms with Crippen LogP contribution < -0.4 is 5.32 Å². The van der Waals surface area contributed by atoms with E-state index in [1.165, 1.54) is 21.7 Å². The van der Waals surface area contributed by atoms with E-state index in [1.54, 1.807) is 0 Å². The van der Waals surface area contributed by atoms with E-state index in [4.69, 9.17) is 11.6 Å². The first-order valence-electron chi connectivity index (χ1n) is 8.94. The SMILES string of the molecule is O=C(Nc1nnc(C2CC2)s1)C1CCN(S(=O)(=O)c2ccc(F)c(Cl)c2)CC1. The average Bonchev–Trinajstić information content (AvgIpc) is 3.43. The van der Waals surface area contributed by atoms with Gasteiger partial charge in [-0.1, -0.05) is 22.9 Å². The second-order valence-electron chi connectivity index (χ2n) is 6.96. The molecule has 2 fully saturated rings. The predicted octanol–water partition coefficient (Wildman–Crippen LogP) is 3.25. The summed E-state index contributed by atoms with van der Waals surface area (Å²) in [7, 11) is -3.78. The number of piperidine rings is 1. The van der Waals surface area contributed by atoms with Gasteiger partial charge in [-0.15, -0.1) is 10.2 Å². The highest BCUT2D eigenvalue weighted by molar-refractivity contribution is 7.89. The lowest BCUT2D eigenvalue weighted by molar-refractivity contribution is -0.120. The first kappa shape index (κ1) is 19.7. The molecule has 1 aromatic carbocycles. The van der Waals surface area contributed by atoms with Crippen LogP contribution in [-0.2, 0) is 14.8 Å². The third-order valence-corrected chi connectivity index (χ3v) is 8.14. The molecule has 28 heavy (non-hydrogen) atoms. The van der Waals surface area contributed by atoms with Crippen molar-refractivity contribution in [2.45, 2.75) is 36.5 Å². The van der Waals surface area contributed by atoms with Crippen LogP contribution in [0.5, 0.6) is 0 Å². The number of benzene rings is 1. The molecule has 1 aromatic heterocycles. The highest BCUT2D eigenvalue weighted by Crippen LogP contribution is 2.42. The van der Waals surface area contributed by atoms with Gasteiger partial charge in [-0.2, -0.15) is 4.31 Å².